The van der Waals surface area contributed by atoms with Gasteiger partial charge in [0.2, 0.25) is 5.91 Å². The van der Waals surface area contributed by atoms with Gasteiger partial charge < -0.3 is 15.0 Å². The summed E-state index contributed by atoms with van der Waals surface area (Å²) in [4.78, 5) is 26.2. The maximum Gasteiger partial charge on any atom is 0.251 e. The molecule has 5 nitrogen and oxygen atoms in total. The second-order valence-electron chi connectivity index (χ2n) is 6.29. The normalized spacial score (nSPS) is 13.9. The molecule has 3 rings (SSSR count). The zero-order valence-corrected chi connectivity index (χ0v) is 15.0. The molecule has 0 spiro atoms. The summed E-state index contributed by atoms with van der Waals surface area (Å²) in [6.07, 6.45) is 1.44. The molecule has 1 N–H and O–H groups in total. The van der Waals surface area contributed by atoms with Crippen molar-refractivity contribution in [3.63, 3.8) is 0 Å². The minimum atomic E-state index is -0.148. The number of ether oxygens (including phenoxy) is 1. The number of anilines is 1. The molecule has 0 bridgehead atoms. The average molecular weight is 352 g/mol. The predicted octanol–water partition coefficient (Wildman–Crippen LogP) is 3.28. The number of amides is 2. The molecule has 2 aromatic rings. The van der Waals surface area contributed by atoms with Crippen LogP contribution in [0.2, 0.25) is 0 Å². The molecule has 0 saturated carbocycles. The molecule has 2 aromatic carbocycles. The fourth-order valence-corrected chi connectivity index (χ4v) is 3.10. The molecule has 5 heteroatoms. The van der Waals surface area contributed by atoms with Crippen LogP contribution in [0.5, 0.6) is 0 Å². The molecule has 1 saturated heterocycles. The molecule has 0 atom stereocenters. The van der Waals surface area contributed by atoms with Crippen molar-refractivity contribution in [2.24, 2.45) is 0 Å². The van der Waals surface area contributed by atoms with E-state index in [4.69, 9.17) is 4.74 Å². The minimum Gasteiger partial charge on any atom is -0.377 e. The highest BCUT2D eigenvalue weighted by atomic mass is 16.5. The van der Waals surface area contributed by atoms with Crippen LogP contribution in [0.1, 0.15) is 41.3 Å². The summed E-state index contributed by atoms with van der Waals surface area (Å²) in [5.74, 6) is -0.0304. The van der Waals surface area contributed by atoms with Gasteiger partial charge in [0.25, 0.3) is 5.91 Å². The maximum atomic E-state index is 12.5. The fourth-order valence-electron chi connectivity index (χ4n) is 3.10. The van der Waals surface area contributed by atoms with Crippen molar-refractivity contribution in [3.8, 4) is 0 Å². The van der Waals surface area contributed by atoms with Gasteiger partial charge in [-0.1, -0.05) is 30.3 Å². The lowest BCUT2D eigenvalue weighted by Crippen LogP contribution is -2.26. The van der Waals surface area contributed by atoms with Crippen LogP contribution in [0.25, 0.3) is 0 Å². The van der Waals surface area contributed by atoms with Crippen LogP contribution < -0.4 is 10.2 Å². The van der Waals surface area contributed by atoms with Gasteiger partial charge in [-0.15, -0.1) is 0 Å². The zero-order valence-electron chi connectivity index (χ0n) is 15.0. The Balaban J connectivity index is 1.67. The number of hydrogen-bond donors (Lipinski definition) is 1. The number of hydrogen-bond acceptors (Lipinski definition) is 3. The Morgan fingerprint density at radius 1 is 1.15 bits per heavy atom. The smallest absolute Gasteiger partial charge is 0.251 e. The van der Waals surface area contributed by atoms with Crippen LogP contribution in [0.3, 0.4) is 0 Å². The van der Waals surface area contributed by atoms with Gasteiger partial charge in [-0.25, -0.2) is 0 Å². The summed E-state index contributed by atoms with van der Waals surface area (Å²) in [6, 6.07) is 15.2. The molecule has 1 aliphatic rings. The molecular formula is C21H24N2O3. The first kappa shape index (κ1) is 18.1. The number of nitrogens with zero attached hydrogens (tertiary/aromatic N) is 1. The van der Waals surface area contributed by atoms with Crippen LogP contribution in [0, 0.1) is 0 Å². The van der Waals surface area contributed by atoms with E-state index in [1.165, 1.54) is 0 Å². The van der Waals surface area contributed by atoms with E-state index in [0.717, 1.165) is 23.2 Å². The Kier molecular flexibility index (Phi) is 6.02. The van der Waals surface area contributed by atoms with Gasteiger partial charge in [-0.3, -0.25) is 9.59 Å². The summed E-state index contributed by atoms with van der Waals surface area (Å²) in [7, 11) is 0. The second kappa shape index (κ2) is 8.63. The SMILES string of the molecule is CCOCc1ccccc1CNC(=O)c1cccc(N2CCCC2=O)c1. The van der Waals surface area contributed by atoms with Crippen molar-refractivity contribution in [2.75, 3.05) is 18.1 Å². The third-order valence-corrected chi connectivity index (χ3v) is 4.51. The van der Waals surface area contributed by atoms with Gasteiger partial charge >= 0.3 is 0 Å². The van der Waals surface area contributed by atoms with Crippen molar-refractivity contribution in [1.29, 1.82) is 0 Å². The molecule has 0 radical (unpaired) electrons. The molecule has 2 amide bonds. The molecule has 1 fully saturated rings. The van der Waals surface area contributed by atoms with Crippen LogP contribution >= 0.6 is 0 Å². The van der Waals surface area contributed by atoms with E-state index >= 15 is 0 Å². The molecule has 0 unspecified atom stereocenters. The lowest BCUT2D eigenvalue weighted by molar-refractivity contribution is -0.117. The molecule has 136 valence electrons. The maximum absolute atomic E-state index is 12.5. The Bertz CT molecular complexity index is 788. The molecule has 1 heterocycles. The first-order valence-electron chi connectivity index (χ1n) is 9.02. The van der Waals surface area contributed by atoms with E-state index in [0.29, 0.717) is 38.3 Å². The second-order valence-corrected chi connectivity index (χ2v) is 6.29. The first-order valence-corrected chi connectivity index (χ1v) is 9.02. The quantitative estimate of drug-likeness (QED) is 0.832. The van der Waals surface area contributed by atoms with Crippen molar-refractivity contribution in [2.45, 2.75) is 32.9 Å². The Hall–Kier alpha value is -2.66. The van der Waals surface area contributed by atoms with Gasteiger partial charge in [0.1, 0.15) is 0 Å². The summed E-state index contributed by atoms with van der Waals surface area (Å²) < 4.78 is 5.48. The standard InChI is InChI=1S/C21H24N2O3/c1-2-26-15-18-8-4-3-7-17(18)14-22-21(25)16-9-5-10-19(13-16)23-12-6-11-20(23)24/h3-5,7-10,13H,2,6,11-12,14-15H2,1H3,(H,22,25). The predicted molar refractivity (Wildman–Crippen MR) is 101 cm³/mol. The van der Waals surface area contributed by atoms with Crippen LogP contribution in [0.15, 0.2) is 48.5 Å². The van der Waals surface area contributed by atoms with E-state index in [1.807, 2.05) is 43.3 Å². The van der Waals surface area contributed by atoms with E-state index in [2.05, 4.69) is 5.32 Å². The summed E-state index contributed by atoms with van der Waals surface area (Å²) in [6.45, 7) is 4.31. The Morgan fingerprint density at radius 3 is 2.69 bits per heavy atom. The van der Waals surface area contributed by atoms with Gasteiger partial charge in [-0.2, -0.15) is 0 Å². The average Bonchev–Trinajstić information content (AvgIpc) is 3.11. The third kappa shape index (κ3) is 4.29. The van der Waals surface area contributed by atoms with Crippen LogP contribution in [-0.4, -0.2) is 25.0 Å². The topological polar surface area (TPSA) is 58.6 Å². The van der Waals surface area contributed by atoms with Gasteiger partial charge in [0, 0.05) is 37.4 Å². The van der Waals surface area contributed by atoms with Crippen molar-refractivity contribution in [3.05, 3.63) is 65.2 Å². The largest absolute Gasteiger partial charge is 0.377 e. The fraction of sp³-hybridized carbons (Fsp3) is 0.333. The first-order chi connectivity index (χ1) is 12.7. The number of carbonyl (C=O) groups is 2. The minimum absolute atomic E-state index is 0.118. The number of nitrogens with one attached hydrogen (secondary N) is 1. The Labute approximate surface area is 154 Å². The van der Waals surface area contributed by atoms with Crippen molar-refractivity contribution < 1.29 is 14.3 Å². The van der Waals surface area contributed by atoms with Gasteiger partial charge in [0.05, 0.1) is 6.61 Å². The summed E-state index contributed by atoms with van der Waals surface area (Å²) >= 11 is 0. The zero-order chi connectivity index (χ0) is 18.4. The van der Waals surface area contributed by atoms with Gasteiger partial charge in [-0.05, 0) is 42.7 Å². The number of carbonyl (C=O) groups excluding carboxylic acids is 2. The van der Waals surface area contributed by atoms with Crippen molar-refractivity contribution >= 4 is 17.5 Å². The highest BCUT2D eigenvalue weighted by Gasteiger charge is 2.22. The van der Waals surface area contributed by atoms with Crippen molar-refractivity contribution in [1.82, 2.24) is 5.32 Å². The van der Waals surface area contributed by atoms with Crippen LogP contribution in [0.4, 0.5) is 5.69 Å². The lowest BCUT2D eigenvalue weighted by Gasteiger charge is -2.16. The van der Waals surface area contributed by atoms with E-state index in [-0.39, 0.29) is 11.8 Å². The van der Waals surface area contributed by atoms with E-state index < -0.39 is 0 Å². The number of rotatable bonds is 7. The summed E-state index contributed by atoms with van der Waals surface area (Å²) in [5.41, 5.74) is 3.47. The van der Waals surface area contributed by atoms with Gasteiger partial charge in [0.15, 0.2) is 0 Å². The monoisotopic (exact) mass is 352 g/mol. The molecular weight excluding hydrogens is 328 g/mol. The summed E-state index contributed by atoms with van der Waals surface area (Å²) in [5, 5.41) is 2.96. The molecule has 0 aliphatic carbocycles. The molecule has 26 heavy (non-hydrogen) atoms. The number of benzene rings is 2. The highest BCUT2D eigenvalue weighted by Crippen LogP contribution is 2.22. The van der Waals surface area contributed by atoms with Crippen LogP contribution in [-0.2, 0) is 22.7 Å². The van der Waals surface area contributed by atoms with E-state index in [9.17, 15) is 9.59 Å². The Morgan fingerprint density at radius 2 is 1.96 bits per heavy atom. The molecule has 0 aromatic heterocycles. The lowest BCUT2D eigenvalue weighted by atomic mass is 10.1. The van der Waals surface area contributed by atoms with E-state index in [1.54, 1.807) is 17.0 Å². The highest BCUT2D eigenvalue weighted by molar-refractivity contribution is 5.99. The molecule has 1 aliphatic heterocycles. The third-order valence-electron chi connectivity index (χ3n) is 4.51.